The van der Waals surface area contributed by atoms with Crippen LogP contribution in [-0.4, -0.2) is 18.4 Å². The molecule has 0 unspecified atom stereocenters. The molecule has 0 N–H and O–H groups in total. The van der Waals surface area contributed by atoms with Crippen molar-refractivity contribution in [3.63, 3.8) is 0 Å². The molecule has 3 nitrogen and oxygen atoms in total. The van der Waals surface area contributed by atoms with Gasteiger partial charge in [0.25, 0.3) is 0 Å². The highest BCUT2D eigenvalue weighted by molar-refractivity contribution is 5.69. The average Bonchev–Trinajstić information content (AvgIpc) is 1.97. The lowest BCUT2D eigenvalue weighted by molar-refractivity contribution is -0.167. The van der Waals surface area contributed by atoms with E-state index in [1.54, 1.807) is 0 Å². The van der Waals surface area contributed by atoms with Crippen molar-refractivity contribution < 1.29 is 14.3 Å². The molecule has 0 aromatic rings. The molecule has 0 aliphatic rings. The zero-order chi connectivity index (χ0) is 12.1. The van der Waals surface area contributed by atoms with Crippen molar-refractivity contribution in [2.75, 3.05) is 6.79 Å². The highest BCUT2D eigenvalue weighted by Gasteiger charge is 2.15. The quantitative estimate of drug-likeness (QED) is 0.535. The average molecular weight is 216 g/mol. The summed E-state index contributed by atoms with van der Waals surface area (Å²) in [6.07, 6.45) is 1.29. The van der Waals surface area contributed by atoms with Gasteiger partial charge in [0.15, 0.2) is 6.79 Å². The molecule has 0 saturated carbocycles. The fraction of sp³-hybridized carbons (Fsp3) is 0.917. The zero-order valence-electron chi connectivity index (χ0n) is 10.8. The second kappa shape index (κ2) is 5.50. The van der Waals surface area contributed by atoms with Crippen LogP contribution in [0.3, 0.4) is 0 Å². The maximum Gasteiger partial charge on any atom is 0.307 e. The number of carbonyl (C=O) groups is 1. The van der Waals surface area contributed by atoms with Crippen LogP contribution in [0.4, 0.5) is 0 Å². The molecule has 0 bridgehead atoms. The first-order valence-electron chi connectivity index (χ1n) is 5.40. The molecule has 0 aliphatic carbocycles. The van der Waals surface area contributed by atoms with E-state index < -0.39 is 0 Å². The van der Waals surface area contributed by atoms with Crippen LogP contribution < -0.4 is 0 Å². The molecule has 0 fully saturated rings. The normalized spacial score (nSPS) is 12.7. The summed E-state index contributed by atoms with van der Waals surface area (Å²) in [5.41, 5.74) is -0.0891. The monoisotopic (exact) mass is 216 g/mol. The third kappa shape index (κ3) is 11.4. The summed E-state index contributed by atoms with van der Waals surface area (Å²) in [6.45, 7) is 12.1. The van der Waals surface area contributed by atoms with Gasteiger partial charge in [0.05, 0.1) is 5.60 Å². The standard InChI is InChI=1S/C12H24O3/c1-11(2,3)8-7-10(13)14-9-15-12(4,5)6/h7-9H2,1-6H3. The fourth-order valence-corrected chi connectivity index (χ4v) is 0.821. The summed E-state index contributed by atoms with van der Waals surface area (Å²) >= 11 is 0. The lowest BCUT2D eigenvalue weighted by Crippen LogP contribution is -2.22. The summed E-state index contributed by atoms with van der Waals surface area (Å²) < 4.78 is 10.2. The highest BCUT2D eigenvalue weighted by Crippen LogP contribution is 2.20. The minimum absolute atomic E-state index is 0.0481. The lowest BCUT2D eigenvalue weighted by atomic mass is 9.91. The molecule has 90 valence electrons. The van der Waals surface area contributed by atoms with Crippen LogP contribution in [0.1, 0.15) is 54.4 Å². The molecule has 0 aromatic heterocycles. The predicted octanol–water partition coefficient (Wildman–Crippen LogP) is 3.13. The third-order valence-electron chi connectivity index (χ3n) is 1.79. The molecule has 0 heterocycles. The van der Waals surface area contributed by atoms with E-state index in [4.69, 9.17) is 9.47 Å². The van der Waals surface area contributed by atoms with Crippen LogP contribution in [0.15, 0.2) is 0 Å². The van der Waals surface area contributed by atoms with Crippen molar-refractivity contribution >= 4 is 5.97 Å². The Kier molecular flexibility index (Phi) is 5.29. The van der Waals surface area contributed by atoms with Crippen LogP contribution in [0.2, 0.25) is 0 Å². The van der Waals surface area contributed by atoms with Crippen molar-refractivity contribution in [3.05, 3.63) is 0 Å². The SMILES string of the molecule is CC(C)(C)CCC(=O)OCOC(C)(C)C. The van der Waals surface area contributed by atoms with E-state index in [9.17, 15) is 4.79 Å². The Morgan fingerprint density at radius 3 is 2.00 bits per heavy atom. The van der Waals surface area contributed by atoms with Crippen LogP contribution >= 0.6 is 0 Å². The van der Waals surface area contributed by atoms with Gasteiger partial charge in [-0.15, -0.1) is 0 Å². The molecule has 15 heavy (non-hydrogen) atoms. The van der Waals surface area contributed by atoms with Crippen molar-refractivity contribution in [1.82, 2.24) is 0 Å². The van der Waals surface area contributed by atoms with E-state index in [-0.39, 0.29) is 23.8 Å². The van der Waals surface area contributed by atoms with E-state index in [1.165, 1.54) is 0 Å². The van der Waals surface area contributed by atoms with Gasteiger partial charge < -0.3 is 9.47 Å². The van der Waals surface area contributed by atoms with Gasteiger partial charge in [-0.1, -0.05) is 20.8 Å². The molecule has 0 atom stereocenters. The minimum atomic E-state index is -0.260. The van der Waals surface area contributed by atoms with Crippen molar-refractivity contribution in [1.29, 1.82) is 0 Å². The van der Waals surface area contributed by atoms with Crippen LogP contribution in [0.25, 0.3) is 0 Å². The smallest absolute Gasteiger partial charge is 0.307 e. The maximum atomic E-state index is 11.3. The Morgan fingerprint density at radius 2 is 1.60 bits per heavy atom. The maximum absolute atomic E-state index is 11.3. The number of hydrogen-bond acceptors (Lipinski definition) is 3. The van der Waals surface area contributed by atoms with Gasteiger partial charge in [-0.05, 0) is 32.6 Å². The largest absolute Gasteiger partial charge is 0.438 e. The summed E-state index contributed by atoms with van der Waals surface area (Å²) in [5.74, 6) is -0.186. The summed E-state index contributed by atoms with van der Waals surface area (Å²) in [7, 11) is 0. The van der Waals surface area contributed by atoms with Gasteiger partial charge in [0.2, 0.25) is 0 Å². The molecule has 0 saturated heterocycles. The Labute approximate surface area is 93.1 Å². The summed E-state index contributed by atoms with van der Waals surface area (Å²) in [5, 5.41) is 0. The topological polar surface area (TPSA) is 35.5 Å². The number of hydrogen-bond donors (Lipinski definition) is 0. The van der Waals surface area contributed by atoms with Gasteiger partial charge in [-0.25, -0.2) is 0 Å². The van der Waals surface area contributed by atoms with Gasteiger partial charge in [0, 0.05) is 6.42 Å². The highest BCUT2D eigenvalue weighted by atomic mass is 16.7. The van der Waals surface area contributed by atoms with Crippen molar-refractivity contribution in [2.24, 2.45) is 5.41 Å². The van der Waals surface area contributed by atoms with E-state index in [1.807, 2.05) is 20.8 Å². The zero-order valence-corrected chi connectivity index (χ0v) is 10.8. The minimum Gasteiger partial charge on any atom is -0.438 e. The Bertz CT molecular complexity index is 196. The van der Waals surface area contributed by atoms with Crippen molar-refractivity contribution in [3.8, 4) is 0 Å². The van der Waals surface area contributed by atoms with Gasteiger partial charge in [0.1, 0.15) is 0 Å². The van der Waals surface area contributed by atoms with Gasteiger partial charge >= 0.3 is 5.97 Å². The van der Waals surface area contributed by atoms with Crippen LogP contribution in [0, 0.1) is 5.41 Å². The van der Waals surface area contributed by atoms with E-state index in [0.717, 1.165) is 6.42 Å². The van der Waals surface area contributed by atoms with Crippen LogP contribution in [-0.2, 0) is 14.3 Å². The second-order valence-electron chi connectivity index (χ2n) is 5.95. The van der Waals surface area contributed by atoms with Gasteiger partial charge in [-0.3, -0.25) is 4.79 Å². The first-order valence-corrected chi connectivity index (χ1v) is 5.40. The van der Waals surface area contributed by atoms with Gasteiger partial charge in [-0.2, -0.15) is 0 Å². The number of rotatable bonds is 4. The van der Waals surface area contributed by atoms with Crippen molar-refractivity contribution in [2.45, 2.75) is 60.0 Å². The fourth-order valence-electron chi connectivity index (χ4n) is 0.821. The Hall–Kier alpha value is -0.570. The summed E-state index contributed by atoms with van der Waals surface area (Å²) in [4.78, 5) is 11.3. The molecular weight excluding hydrogens is 192 g/mol. The van der Waals surface area contributed by atoms with E-state index in [2.05, 4.69) is 20.8 Å². The number of ether oxygens (including phenoxy) is 2. The first-order chi connectivity index (χ1) is 6.60. The van der Waals surface area contributed by atoms with E-state index >= 15 is 0 Å². The molecular formula is C12H24O3. The lowest BCUT2D eigenvalue weighted by Gasteiger charge is -2.20. The number of carbonyl (C=O) groups excluding carboxylic acids is 1. The molecule has 3 heteroatoms. The molecule has 0 amide bonds. The third-order valence-corrected chi connectivity index (χ3v) is 1.79. The Balaban J connectivity index is 3.60. The van der Waals surface area contributed by atoms with E-state index in [0.29, 0.717) is 6.42 Å². The molecule has 0 aromatic carbocycles. The summed E-state index contributed by atoms with van der Waals surface area (Å²) in [6, 6.07) is 0. The molecule has 0 spiro atoms. The molecule has 0 aliphatic heterocycles. The second-order valence-corrected chi connectivity index (χ2v) is 5.95. The first kappa shape index (κ1) is 14.4. The number of esters is 1. The molecule has 0 rings (SSSR count). The van der Waals surface area contributed by atoms with Crippen LogP contribution in [0.5, 0.6) is 0 Å². The Morgan fingerprint density at radius 1 is 1.07 bits per heavy atom. The molecule has 0 radical (unpaired) electrons. The predicted molar refractivity (Wildman–Crippen MR) is 60.5 cm³/mol.